The fourth-order valence-corrected chi connectivity index (χ4v) is 1.85. The zero-order chi connectivity index (χ0) is 8.97. The molecular weight excluding hydrogens is 168 g/mol. The van der Waals surface area contributed by atoms with E-state index in [1.54, 1.807) is 11.8 Å². The molecule has 3 heteroatoms. The van der Waals surface area contributed by atoms with Crippen molar-refractivity contribution in [1.82, 2.24) is 9.78 Å². The summed E-state index contributed by atoms with van der Waals surface area (Å²) in [6, 6.07) is 2.07. The lowest BCUT2D eigenvalue weighted by molar-refractivity contribution is 0.692. The standard InChI is InChI=1S/C9H12N2S/c1-4-5-6-12-9-7-8(2)10-11(9)3/h1,7H,5-6H2,2-3H3. The van der Waals surface area contributed by atoms with E-state index in [2.05, 4.69) is 17.1 Å². The molecule has 0 aromatic carbocycles. The van der Waals surface area contributed by atoms with E-state index in [-0.39, 0.29) is 0 Å². The van der Waals surface area contributed by atoms with Gasteiger partial charge in [-0.2, -0.15) is 5.10 Å². The van der Waals surface area contributed by atoms with Crippen molar-refractivity contribution in [2.24, 2.45) is 7.05 Å². The summed E-state index contributed by atoms with van der Waals surface area (Å²) < 4.78 is 1.89. The quantitative estimate of drug-likeness (QED) is 0.401. The first-order chi connectivity index (χ1) is 5.74. The van der Waals surface area contributed by atoms with E-state index in [9.17, 15) is 0 Å². The second kappa shape index (κ2) is 4.22. The Morgan fingerprint density at radius 2 is 2.50 bits per heavy atom. The normalized spacial score (nSPS) is 9.75. The Kier molecular flexibility index (Phi) is 3.24. The van der Waals surface area contributed by atoms with Gasteiger partial charge in [-0.3, -0.25) is 4.68 Å². The SMILES string of the molecule is C#CCCSc1cc(C)nn1C. The fraction of sp³-hybridized carbons (Fsp3) is 0.444. The van der Waals surface area contributed by atoms with Crippen molar-refractivity contribution < 1.29 is 0 Å². The van der Waals surface area contributed by atoms with E-state index in [0.29, 0.717) is 0 Å². The van der Waals surface area contributed by atoms with Gasteiger partial charge in [-0.15, -0.1) is 24.1 Å². The molecule has 12 heavy (non-hydrogen) atoms. The van der Waals surface area contributed by atoms with Gasteiger partial charge in [-0.1, -0.05) is 0 Å². The number of terminal acetylenes is 1. The summed E-state index contributed by atoms with van der Waals surface area (Å²) >= 11 is 1.75. The molecule has 1 rings (SSSR count). The Labute approximate surface area is 77.4 Å². The zero-order valence-corrected chi connectivity index (χ0v) is 8.19. The Morgan fingerprint density at radius 3 is 3.00 bits per heavy atom. The monoisotopic (exact) mass is 180 g/mol. The molecule has 0 aliphatic carbocycles. The van der Waals surface area contributed by atoms with Crippen LogP contribution in [0.5, 0.6) is 0 Å². The minimum atomic E-state index is 0.814. The van der Waals surface area contributed by atoms with Gasteiger partial charge in [0.15, 0.2) is 0 Å². The zero-order valence-electron chi connectivity index (χ0n) is 7.37. The number of hydrogen-bond acceptors (Lipinski definition) is 2. The molecule has 0 saturated heterocycles. The van der Waals surface area contributed by atoms with Crippen LogP contribution in [0.4, 0.5) is 0 Å². The highest BCUT2D eigenvalue weighted by Gasteiger charge is 2.00. The van der Waals surface area contributed by atoms with Crippen molar-refractivity contribution in [1.29, 1.82) is 0 Å². The number of aromatic nitrogens is 2. The van der Waals surface area contributed by atoms with Gasteiger partial charge in [0, 0.05) is 19.2 Å². The Bertz CT molecular complexity index is 296. The van der Waals surface area contributed by atoms with E-state index in [4.69, 9.17) is 6.42 Å². The van der Waals surface area contributed by atoms with Crippen molar-refractivity contribution in [2.75, 3.05) is 5.75 Å². The van der Waals surface area contributed by atoms with Gasteiger partial charge in [0.25, 0.3) is 0 Å². The molecule has 0 aliphatic rings. The van der Waals surface area contributed by atoms with E-state index < -0.39 is 0 Å². The Morgan fingerprint density at radius 1 is 1.75 bits per heavy atom. The highest BCUT2D eigenvalue weighted by Crippen LogP contribution is 2.18. The molecule has 0 saturated carbocycles. The third kappa shape index (κ3) is 2.31. The molecule has 0 bridgehead atoms. The summed E-state index contributed by atoms with van der Waals surface area (Å²) in [5.41, 5.74) is 1.06. The number of thioether (sulfide) groups is 1. The van der Waals surface area contributed by atoms with Crippen LogP contribution in [0.1, 0.15) is 12.1 Å². The summed E-state index contributed by atoms with van der Waals surface area (Å²) in [7, 11) is 1.95. The smallest absolute Gasteiger partial charge is 0.0939 e. The van der Waals surface area contributed by atoms with Crippen molar-refractivity contribution in [3.8, 4) is 12.3 Å². The number of rotatable bonds is 3. The van der Waals surface area contributed by atoms with Crippen LogP contribution in [0.3, 0.4) is 0 Å². The van der Waals surface area contributed by atoms with Crippen LogP contribution in [0, 0.1) is 19.3 Å². The molecule has 0 aliphatic heterocycles. The summed E-state index contributed by atoms with van der Waals surface area (Å²) in [6.07, 6.45) is 5.96. The molecule has 0 fully saturated rings. The van der Waals surface area contributed by atoms with E-state index >= 15 is 0 Å². The summed E-state index contributed by atoms with van der Waals surface area (Å²) in [5.74, 6) is 3.58. The number of nitrogens with zero attached hydrogens (tertiary/aromatic N) is 2. The van der Waals surface area contributed by atoms with Gasteiger partial charge in [0.2, 0.25) is 0 Å². The minimum absolute atomic E-state index is 0.814. The van der Waals surface area contributed by atoms with E-state index in [0.717, 1.165) is 17.9 Å². The van der Waals surface area contributed by atoms with Gasteiger partial charge in [-0.25, -0.2) is 0 Å². The molecule has 1 heterocycles. The highest BCUT2D eigenvalue weighted by molar-refractivity contribution is 7.99. The Hall–Kier alpha value is -0.880. The molecule has 0 radical (unpaired) electrons. The van der Waals surface area contributed by atoms with Crippen molar-refractivity contribution in [3.05, 3.63) is 11.8 Å². The fourth-order valence-electron chi connectivity index (χ4n) is 0.936. The van der Waals surface area contributed by atoms with Crippen molar-refractivity contribution in [2.45, 2.75) is 18.4 Å². The number of hydrogen-bond donors (Lipinski definition) is 0. The molecule has 2 nitrogen and oxygen atoms in total. The van der Waals surface area contributed by atoms with Crippen molar-refractivity contribution >= 4 is 11.8 Å². The maximum atomic E-state index is 5.15. The molecule has 0 spiro atoms. The molecule has 64 valence electrons. The summed E-state index contributed by atoms with van der Waals surface area (Å²) in [6.45, 7) is 1.99. The molecule has 1 aromatic heterocycles. The van der Waals surface area contributed by atoms with E-state index in [1.807, 2.05) is 18.7 Å². The third-order valence-corrected chi connectivity index (χ3v) is 2.54. The maximum absolute atomic E-state index is 5.15. The molecule has 0 unspecified atom stereocenters. The predicted molar refractivity (Wildman–Crippen MR) is 52.1 cm³/mol. The van der Waals surface area contributed by atoms with Crippen LogP contribution >= 0.6 is 11.8 Å². The van der Waals surface area contributed by atoms with Gasteiger partial charge < -0.3 is 0 Å². The average molecular weight is 180 g/mol. The van der Waals surface area contributed by atoms with Gasteiger partial charge in [0.05, 0.1) is 10.7 Å². The second-order valence-electron chi connectivity index (χ2n) is 2.55. The van der Waals surface area contributed by atoms with Gasteiger partial charge >= 0.3 is 0 Å². The summed E-state index contributed by atoms with van der Waals surface area (Å²) in [4.78, 5) is 0. The largest absolute Gasteiger partial charge is 0.262 e. The Balaban J connectivity index is 2.52. The lowest BCUT2D eigenvalue weighted by Crippen LogP contribution is -1.92. The first-order valence-electron chi connectivity index (χ1n) is 3.81. The molecule has 0 amide bonds. The lowest BCUT2D eigenvalue weighted by atomic mass is 10.5. The van der Waals surface area contributed by atoms with Crippen LogP contribution in [0.25, 0.3) is 0 Å². The van der Waals surface area contributed by atoms with Gasteiger partial charge in [-0.05, 0) is 13.0 Å². The topological polar surface area (TPSA) is 17.8 Å². The van der Waals surface area contributed by atoms with Crippen molar-refractivity contribution in [3.63, 3.8) is 0 Å². The van der Waals surface area contributed by atoms with Gasteiger partial charge in [0.1, 0.15) is 0 Å². The first kappa shape index (κ1) is 9.21. The van der Waals surface area contributed by atoms with Crippen LogP contribution in [-0.4, -0.2) is 15.5 Å². The summed E-state index contributed by atoms with van der Waals surface area (Å²) in [5, 5.41) is 5.42. The molecule has 0 atom stereocenters. The van der Waals surface area contributed by atoms with Crippen LogP contribution in [0.15, 0.2) is 11.1 Å². The van der Waals surface area contributed by atoms with Crippen LogP contribution in [-0.2, 0) is 7.05 Å². The molecule has 0 N–H and O–H groups in total. The second-order valence-corrected chi connectivity index (χ2v) is 3.67. The molecule has 1 aromatic rings. The van der Waals surface area contributed by atoms with Crippen LogP contribution < -0.4 is 0 Å². The van der Waals surface area contributed by atoms with E-state index in [1.165, 1.54) is 5.03 Å². The third-order valence-electron chi connectivity index (χ3n) is 1.46. The first-order valence-corrected chi connectivity index (χ1v) is 4.79. The minimum Gasteiger partial charge on any atom is -0.262 e. The number of aryl methyl sites for hydroxylation is 2. The predicted octanol–water partition coefficient (Wildman–Crippen LogP) is 1.84. The average Bonchev–Trinajstić information content (AvgIpc) is 2.31. The molecular formula is C9H12N2S. The highest BCUT2D eigenvalue weighted by atomic mass is 32.2. The van der Waals surface area contributed by atoms with Crippen LogP contribution in [0.2, 0.25) is 0 Å². The maximum Gasteiger partial charge on any atom is 0.0939 e. The lowest BCUT2D eigenvalue weighted by Gasteiger charge is -1.97.